The van der Waals surface area contributed by atoms with Crippen molar-refractivity contribution >= 4 is 28.3 Å². The summed E-state index contributed by atoms with van der Waals surface area (Å²) in [6.07, 6.45) is 2.44. The maximum atomic E-state index is 13.0. The average molecular weight is 416 g/mol. The fraction of sp³-hybridized carbons (Fsp3) is 0.400. The zero-order valence-corrected chi connectivity index (χ0v) is 18.1. The van der Waals surface area contributed by atoms with Crippen molar-refractivity contribution in [2.75, 3.05) is 49.1 Å². The van der Waals surface area contributed by atoms with Crippen LogP contribution in [0.4, 0.5) is 11.6 Å². The summed E-state index contributed by atoms with van der Waals surface area (Å²) in [5.41, 5.74) is 0.757. The van der Waals surface area contributed by atoms with Gasteiger partial charge < -0.3 is 14.7 Å². The van der Waals surface area contributed by atoms with Crippen LogP contribution in [0.2, 0.25) is 0 Å². The first-order chi connectivity index (χ1) is 15.2. The number of piperazine rings is 1. The van der Waals surface area contributed by atoms with Gasteiger partial charge in [0.1, 0.15) is 0 Å². The van der Waals surface area contributed by atoms with Gasteiger partial charge in [-0.1, -0.05) is 37.3 Å². The summed E-state index contributed by atoms with van der Waals surface area (Å²) in [6.45, 7) is 7.37. The summed E-state index contributed by atoms with van der Waals surface area (Å²) in [6, 6.07) is 18.3. The van der Waals surface area contributed by atoms with E-state index in [-0.39, 0.29) is 5.91 Å². The molecule has 1 amide bonds. The van der Waals surface area contributed by atoms with Crippen LogP contribution in [-0.2, 0) is 0 Å². The smallest absolute Gasteiger partial charge is 0.253 e. The maximum absolute atomic E-state index is 13.0. The van der Waals surface area contributed by atoms with Crippen molar-refractivity contribution in [3.63, 3.8) is 0 Å². The lowest BCUT2D eigenvalue weighted by atomic mass is 9.99. The molecule has 2 aromatic carbocycles. The predicted molar refractivity (Wildman–Crippen MR) is 125 cm³/mol. The normalized spacial score (nSPS) is 17.9. The molecule has 2 fully saturated rings. The summed E-state index contributed by atoms with van der Waals surface area (Å²) >= 11 is 0. The van der Waals surface area contributed by atoms with Crippen LogP contribution >= 0.6 is 0 Å². The minimum absolute atomic E-state index is 0.103. The number of hydrogen-bond acceptors (Lipinski definition) is 5. The zero-order valence-electron chi connectivity index (χ0n) is 18.1. The molecule has 3 aromatic rings. The lowest BCUT2D eigenvalue weighted by Crippen LogP contribution is -2.49. The van der Waals surface area contributed by atoms with E-state index < -0.39 is 0 Å². The number of benzene rings is 2. The van der Waals surface area contributed by atoms with Crippen LogP contribution in [0.25, 0.3) is 10.8 Å². The molecule has 0 spiro atoms. The quantitative estimate of drug-likeness (QED) is 0.651. The number of piperidine rings is 1. The highest BCUT2D eigenvalue weighted by Gasteiger charge is 2.24. The number of hydrogen-bond donors (Lipinski definition) is 0. The van der Waals surface area contributed by atoms with Crippen LogP contribution in [0.5, 0.6) is 0 Å². The number of carbonyl (C=O) groups is 1. The second kappa shape index (κ2) is 8.53. The van der Waals surface area contributed by atoms with Gasteiger partial charge in [0.15, 0.2) is 11.6 Å². The van der Waals surface area contributed by atoms with Gasteiger partial charge in [-0.15, -0.1) is 10.2 Å². The molecule has 2 saturated heterocycles. The van der Waals surface area contributed by atoms with Crippen LogP contribution in [0, 0.1) is 5.92 Å². The van der Waals surface area contributed by atoms with Gasteiger partial charge in [0.05, 0.1) is 0 Å². The molecule has 0 atom stereocenters. The number of fused-ring (bicyclic) bond motifs is 1. The van der Waals surface area contributed by atoms with Crippen molar-refractivity contribution in [2.24, 2.45) is 5.92 Å². The van der Waals surface area contributed by atoms with Gasteiger partial charge in [-0.05, 0) is 53.8 Å². The highest BCUT2D eigenvalue weighted by Crippen LogP contribution is 2.23. The van der Waals surface area contributed by atoms with E-state index in [2.05, 4.69) is 51.2 Å². The molecular weight excluding hydrogens is 386 g/mol. The summed E-state index contributed by atoms with van der Waals surface area (Å²) in [4.78, 5) is 19.5. The second-order valence-electron chi connectivity index (χ2n) is 8.76. The predicted octanol–water partition coefficient (Wildman–Crippen LogP) is 3.83. The number of anilines is 2. The first-order valence-electron chi connectivity index (χ1n) is 11.3. The molecular formula is C25H29N5O. The van der Waals surface area contributed by atoms with Gasteiger partial charge in [-0.25, -0.2) is 0 Å². The fourth-order valence-electron chi connectivity index (χ4n) is 4.54. The van der Waals surface area contributed by atoms with E-state index >= 15 is 0 Å². The Balaban J connectivity index is 1.20. The fourth-order valence-corrected chi connectivity index (χ4v) is 4.54. The number of rotatable bonds is 3. The molecule has 6 nitrogen and oxygen atoms in total. The summed E-state index contributed by atoms with van der Waals surface area (Å²) in [7, 11) is 0. The van der Waals surface area contributed by atoms with Gasteiger partial charge in [0.2, 0.25) is 0 Å². The maximum Gasteiger partial charge on any atom is 0.253 e. The lowest BCUT2D eigenvalue weighted by Gasteiger charge is -2.35. The van der Waals surface area contributed by atoms with Gasteiger partial charge in [0.25, 0.3) is 5.91 Å². The monoisotopic (exact) mass is 415 g/mol. The van der Waals surface area contributed by atoms with Crippen LogP contribution < -0.4 is 9.80 Å². The van der Waals surface area contributed by atoms with Crippen LogP contribution in [0.15, 0.2) is 54.6 Å². The van der Waals surface area contributed by atoms with Crippen molar-refractivity contribution < 1.29 is 4.79 Å². The Morgan fingerprint density at radius 3 is 2.03 bits per heavy atom. The SMILES string of the molecule is CC1CCN(c2ccc(N3CCN(C(=O)c4ccc5ccccc5c4)CC3)nn2)CC1. The van der Waals surface area contributed by atoms with Crippen molar-refractivity contribution in [2.45, 2.75) is 19.8 Å². The third kappa shape index (κ3) is 4.20. The van der Waals surface area contributed by atoms with E-state index in [1.165, 1.54) is 12.8 Å². The van der Waals surface area contributed by atoms with Gasteiger partial charge in [0, 0.05) is 44.8 Å². The Labute approximate surface area is 183 Å². The Morgan fingerprint density at radius 1 is 0.774 bits per heavy atom. The Morgan fingerprint density at radius 2 is 1.39 bits per heavy atom. The van der Waals surface area contributed by atoms with Crippen molar-refractivity contribution in [3.05, 3.63) is 60.2 Å². The van der Waals surface area contributed by atoms with E-state index in [0.29, 0.717) is 13.1 Å². The highest BCUT2D eigenvalue weighted by molar-refractivity contribution is 5.98. The van der Waals surface area contributed by atoms with Gasteiger partial charge in [-0.2, -0.15) is 0 Å². The minimum atomic E-state index is 0.103. The Hall–Kier alpha value is -3.15. The molecule has 2 aliphatic heterocycles. The first-order valence-corrected chi connectivity index (χ1v) is 11.3. The summed E-state index contributed by atoms with van der Waals surface area (Å²) < 4.78 is 0. The minimum Gasteiger partial charge on any atom is -0.355 e. The number of carbonyl (C=O) groups excluding carboxylic acids is 1. The van der Waals surface area contributed by atoms with Crippen molar-refractivity contribution in [1.29, 1.82) is 0 Å². The molecule has 0 N–H and O–H groups in total. The van der Waals surface area contributed by atoms with E-state index in [9.17, 15) is 4.79 Å². The first kappa shape index (κ1) is 19.8. The van der Waals surface area contributed by atoms with Gasteiger partial charge >= 0.3 is 0 Å². The summed E-state index contributed by atoms with van der Waals surface area (Å²) in [5, 5.41) is 11.2. The molecule has 1 aromatic heterocycles. The molecule has 5 rings (SSSR count). The van der Waals surface area contributed by atoms with E-state index in [4.69, 9.17) is 0 Å². The second-order valence-corrected chi connectivity index (χ2v) is 8.76. The molecule has 0 bridgehead atoms. The van der Waals surface area contributed by atoms with Crippen molar-refractivity contribution in [1.82, 2.24) is 15.1 Å². The number of aromatic nitrogens is 2. The van der Waals surface area contributed by atoms with Crippen molar-refractivity contribution in [3.8, 4) is 0 Å². The molecule has 2 aliphatic rings. The van der Waals surface area contributed by atoms with E-state index in [1.54, 1.807) is 0 Å². The summed E-state index contributed by atoms with van der Waals surface area (Å²) in [5.74, 6) is 2.77. The number of amides is 1. The third-order valence-electron chi connectivity index (χ3n) is 6.63. The third-order valence-corrected chi connectivity index (χ3v) is 6.63. The van der Waals surface area contributed by atoms with Gasteiger partial charge in [-0.3, -0.25) is 4.79 Å². The van der Waals surface area contributed by atoms with Crippen LogP contribution in [0.1, 0.15) is 30.1 Å². The van der Waals surface area contributed by atoms with E-state index in [0.717, 1.165) is 60.1 Å². The molecule has 31 heavy (non-hydrogen) atoms. The Kier molecular flexibility index (Phi) is 5.45. The van der Waals surface area contributed by atoms with E-state index in [1.807, 2.05) is 35.2 Å². The average Bonchev–Trinajstić information content (AvgIpc) is 2.84. The standard InChI is InChI=1S/C25H29N5O/c1-19-10-12-28(13-11-19)23-8-9-24(27-26-23)29-14-16-30(17-15-29)25(31)22-7-6-20-4-2-3-5-21(20)18-22/h2-9,18-19H,10-17H2,1H3. The largest absolute Gasteiger partial charge is 0.355 e. The molecule has 0 aliphatic carbocycles. The molecule has 160 valence electrons. The molecule has 3 heterocycles. The van der Waals surface area contributed by atoms with Crippen LogP contribution in [0.3, 0.4) is 0 Å². The molecule has 0 radical (unpaired) electrons. The Bertz CT molecular complexity index is 1050. The van der Waals surface area contributed by atoms with Crippen LogP contribution in [-0.4, -0.2) is 60.3 Å². The molecule has 0 unspecified atom stereocenters. The number of nitrogens with zero attached hydrogens (tertiary/aromatic N) is 5. The highest BCUT2D eigenvalue weighted by atomic mass is 16.2. The topological polar surface area (TPSA) is 52.6 Å². The molecule has 6 heteroatoms. The lowest BCUT2D eigenvalue weighted by molar-refractivity contribution is 0.0746. The zero-order chi connectivity index (χ0) is 21.2. The molecule has 0 saturated carbocycles.